The first-order valence-electron chi connectivity index (χ1n) is 7.36. The summed E-state index contributed by atoms with van der Waals surface area (Å²) in [6.07, 6.45) is 3.53. The summed E-state index contributed by atoms with van der Waals surface area (Å²) in [6, 6.07) is 12.2. The third-order valence-electron chi connectivity index (χ3n) is 3.97. The second-order valence-corrected chi connectivity index (χ2v) is 5.56. The SMILES string of the molecule is C[C@@H]1Oc2ccccc2C=C1/C=C1\Oc2cc(O)ccc2C1=O. The number of rotatable bonds is 1. The molecule has 114 valence electrons. The predicted octanol–water partition coefficient (Wildman–Crippen LogP) is 3.72. The second-order valence-electron chi connectivity index (χ2n) is 5.56. The lowest BCUT2D eigenvalue weighted by Gasteiger charge is -2.22. The highest BCUT2D eigenvalue weighted by atomic mass is 16.5. The molecule has 2 aliphatic heterocycles. The summed E-state index contributed by atoms with van der Waals surface area (Å²) < 4.78 is 11.5. The van der Waals surface area contributed by atoms with Gasteiger partial charge in [0, 0.05) is 11.6 Å². The number of carbonyl (C=O) groups is 1. The highest BCUT2D eigenvalue weighted by Crippen LogP contribution is 2.36. The third kappa shape index (κ3) is 2.28. The van der Waals surface area contributed by atoms with Crippen LogP contribution in [-0.2, 0) is 0 Å². The molecule has 0 fully saturated rings. The van der Waals surface area contributed by atoms with E-state index in [4.69, 9.17) is 9.47 Å². The normalized spacial score (nSPS) is 20.4. The number of para-hydroxylation sites is 1. The van der Waals surface area contributed by atoms with Gasteiger partial charge in [-0.2, -0.15) is 0 Å². The number of phenols is 1. The number of allylic oxidation sites excluding steroid dienone is 1. The quantitative estimate of drug-likeness (QED) is 0.816. The molecule has 0 spiro atoms. The summed E-state index contributed by atoms with van der Waals surface area (Å²) >= 11 is 0. The minimum Gasteiger partial charge on any atom is -0.508 e. The van der Waals surface area contributed by atoms with Gasteiger partial charge in [-0.15, -0.1) is 0 Å². The Kier molecular flexibility index (Phi) is 2.98. The molecular formula is C19H14O4. The van der Waals surface area contributed by atoms with Gasteiger partial charge in [0.25, 0.3) is 0 Å². The van der Waals surface area contributed by atoms with E-state index in [0.29, 0.717) is 11.3 Å². The van der Waals surface area contributed by atoms with Crippen molar-refractivity contribution in [2.24, 2.45) is 0 Å². The maximum Gasteiger partial charge on any atom is 0.231 e. The number of hydrogen-bond acceptors (Lipinski definition) is 4. The standard InChI is InChI=1S/C19H14O4/c1-11-13(8-12-4-2-3-5-16(12)22-11)9-18-19(21)15-7-6-14(20)10-17(15)23-18/h2-11,20H,1H3/b18-9-/t11-/m0/s1. The summed E-state index contributed by atoms with van der Waals surface area (Å²) in [7, 11) is 0. The van der Waals surface area contributed by atoms with Crippen LogP contribution in [0.15, 0.2) is 59.9 Å². The Labute approximate surface area is 133 Å². The number of ketones is 1. The average molecular weight is 306 g/mol. The Morgan fingerprint density at radius 1 is 1.13 bits per heavy atom. The Balaban J connectivity index is 1.72. The summed E-state index contributed by atoms with van der Waals surface area (Å²) in [5.74, 6) is 1.33. The summed E-state index contributed by atoms with van der Waals surface area (Å²) in [4.78, 5) is 12.4. The first-order chi connectivity index (χ1) is 11.1. The van der Waals surface area contributed by atoms with Gasteiger partial charge in [-0.1, -0.05) is 18.2 Å². The molecule has 1 N–H and O–H groups in total. The number of carbonyl (C=O) groups excluding carboxylic acids is 1. The minimum atomic E-state index is -0.188. The minimum absolute atomic E-state index is 0.0697. The molecule has 1 atom stereocenters. The van der Waals surface area contributed by atoms with Gasteiger partial charge >= 0.3 is 0 Å². The van der Waals surface area contributed by atoms with Crippen LogP contribution < -0.4 is 9.47 Å². The zero-order chi connectivity index (χ0) is 16.0. The molecule has 2 aromatic carbocycles. The molecule has 0 aliphatic carbocycles. The number of aromatic hydroxyl groups is 1. The van der Waals surface area contributed by atoms with Crippen LogP contribution >= 0.6 is 0 Å². The fraction of sp³-hybridized carbons (Fsp3) is 0.105. The average Bonchev–Trinajstić information content (AvgIpc) is 2.83. The molecule has 0 aromatic heterocycles. The van der Waals surface area contributed by atoms with E-state index >= 15 is 0 Å². The topological polar surface area (TPSA) is 55.8 Å². The molecule has 0 bridgehead atoms. The van der Waals surface area contributed by atoms with Crippen LogP contribution in [0.25, 0.3) is 6.08 Å². The maximum atomic E-state index is 12.4. The fourth-order valence-corrected chi connectivity index (χ4v) is 2.75. The molecule has 4 rings (SSSR count). The molecule has 23 heavy (non-hydrogen) atoms. The van der Waals surface area contributed by atoms with Crippen LogP contribution in [0.3, 0.4) is 0 Å². The van der Waals surface area contributed by atoms with Crippen molar-refractivity contribution in [3.05, 3.63) is 71.0 Å². The van der Waals surface area contributed by atoms with E-state index in [-0.39, 0.29) is 23.4 Å². The fourth-order valence-electron chi connectivity index (χ4n) is 2.75. The van der Waals surface area contributed by atoms with Crippen LogP contribution in [0.4, 0.5) is 0 Å². The number of Topliss-reactive ketones (excluding diaryl/α,β-unsaturated/α-hetero) is 1. The Morgan fingerprint density at radius 3 is 2.83 bits per heavy atom. The van der Waals surface area contributed by atoms with E-state index in [9.17, 15) is 9.90 Å². The van der Waals surface area contributed by atoms with E-state index in [2.05, 4.69) is 0 Å². The van der Waals surface area contributed by atoms with Crippen molar-refractivity contribution < 1.29 is 19.4 Å². The van der Waals surface area contributed by atoms with Crippen LogP contribution in [0.5, 0.6) is 17.2 Å². The van der Waals surface area contributed by atoms with Crippen molar-refractivity contribution in [3.63, 3.8) is 0 Å². The second kappa shape index (κ2) is 5.02. The zero-order valence-corrected chi connectivity index (χ0v) is 12.4. The van der Waals surface area contributed by atoms with Gasteiger partial charge in [0.15, 0.2) is 5.76 Å². The van der Waals surface area contributed by atoms with Crippen LogP contribution in [0, 0.1) is 0 Å². The van der Waals surface area contributed by atoms with Crippen molar-refractivity contribution in [2.45, 2.75) is 13.0 Å². The van der Waals surface area contributed by atoms with Gasteiger partial charge in [0.1, 0.15) is 23.4 Å². The Hall–Kier alpha value is -3.01. The van der Waals surface area contributed by atoms with Crippen molar-refractivity contribution in [1.82, 2.24) is 0 Å². The number of hydrogen-bond donors (Lipinski definition) is 1. The smallest absolute Gasteiger partial charge is 0.231 e. The van der Waals surface area contributed by atoms with Gasteiger partial charge in [0.2, 0.25) is 5.78 Å². The molecule has 0 radical (unpaired) electrons. The highest BCUT2D eigenvalue weighted by Gasteiger charge is 2.29. The van der Waals surface area contributed by atoms with Gasteiger partial charge in [-0.3, -0.25) is 4.79 Å². The molecular weight excluding hydrogens is 292 g/mol. The summed E-state index contributed by atoms with van der Waals surface area (Å²) in [6.45, 7) is 1.93. The van der Waals surface area contributed by atoms with Crippen LogP contribution in [0.2, 0.25) is 0 Å². The predicted molar refractivity (Wildman–Crippen MR) is 85.7 cm³/mol. The van der Waals surface area contributed by atoms with E-state index in [1.54, 1.807) is 12.1 Å². The van der Waals surface area contributed by atoms with Crippen molar-refractivity contribution in [3.8, 4) is 17.2 Å². The Morgan fingerprint density at radius 2 is 1.96 bits per heavy atom. The van der Waals surface area contributed by atoms with Gasteiger partial charge in [-0.25, -0.2) is 0 Å². The number of ether oxygens (including phenoxy) is 2. The van der Waals surface area contributed by atoms with E-state index in [1.165, 1.54) is 12.1 Å². The molecule has 0 saturated carbocycles. The van der Waals surface area contributed by atoms with Crippen LogP contribution in [0.1, 0.15) is 22.8 Å². The molecule has 2 aliphatic rings. The van der Waals surface area contributed by atoms with Gasteiger partial charge in [0.05, 0.1) is 5.56 Å². The lowest BCUT2D eigenvalue weighted by atomic mass is 10.0. The number of phenolic OH excluding ortho intramolecular Hbond substituents is 1. The number of benzene rings is 2. The van der Waals surface area contributed by atoms with Crippen molar-refractivity contribution in [1.29, 1.82) is 0 Å². The number of fused-ring (bicyclic) bond motifs is 2. The van der Waals surface area contributed by atoms with Gasteiger partial charge in [-0.05, 0) is 42.8 Å². The molecule has 4 nitrogen and oxygen atoms in total. The van der Waals surface area contributed by atoms with Gasteiger partial charge < -0.3 is 14.6 Å². The lowest BCUT2D eigenvalue weighted by molar-refractivity contribution is 0.101. The molecule has 0 saturated heterocycles. The molecule has 0 amide bonds. The maximum absolute atomic E-state index is 12.4. The Bertz CT molecular complexity index is 877. The third-order valence-corrected chi connectivity index (χ3v) is 3.97. The zero-order valence-electron chi connectivity index (χ0n) is 12.4. The lowest BCUT2D eigenvalue weighted by Crippen LogP contribution is -2.18. The van der Waals surface area contributed by atoms with E-state index < -0.39 is 0 Å². The molecule has 0 unspecified atom stereocenters. The molecule has 2 aromatic rings. The first kappa shape index (κ1) is 13.6. The first-order valence-corrected chi connectivity index (χ1v) is 7.36. The summed E-state index contributed by atoms with van der Waals surface area (Å²) in [5, 5.41) is 9.50. The van der Waals surface area contributed by atoms with Crippen molar-refractivity contribution >= 4 is 11.9 Å². The molecule has 2 heterocycles. The molecule has 4 heteroatoms. The highest BCUT2D eigenvalue weighted by molar-refractivity contribution is 6.12. The summed E-state index contributed by atoms with van der Waals surface area (Å²) in [5.41, 5.74) is 2.29. The van der Waals surface area contributed by atoms with E-state index in [0.717, 1.165) is 16.9 Å². The van der Waals surface area contributed by atoms with Crippen LogP contribution in [-0.4, -0.2) is 17.0 Å². The van der Waals surface area contributed by atoms with Crippen molar-refractivity contribution in [2.75, 3.05) is 0 Å². The largest absolute Gasteiger partial charge is 0.508 e. The monoisotopic (exact) mass is 306 g/mol. The van der Waals surface area contributed by atoms with E-state index in [1.807, 2.05) is 37.3 Å².